The van der Waals surface area contributed by atoms with E-state index in [2.05, 4.69) is 15.5 Å². The molecule has 1 atom stereocenters. The van der Waals surface area contributed by atoms with Gasteiger partial charge in [-0.05, 0) is 50.6 Å². The van der Waals surface area contributed by atoms with Crippen LogP contribution >= 0.6 is 0 Å². The van der Waals surface area contributed by atoms with Crippen LogP contribution in [0.4, 0.5) is 5.69 Å². The summed E-state index contributed by atoms with van der Waals surface area (Å²) in [6, 6.07) is 5.62. The molecule has 2 aliphatic heterocycles. The van der Waals surface area contributed by atoms with Gasteiger partial charge in [0.15, 0.2) is 6.10 Å². The van der Waals surface area contributed by atoms with Crippen LogP contribution in [0.1, 0.15) is 37.7 Å². The molecule has 1 unspecified atom stereocenters. The van der Waals surface area contributed by atoms with Gasteiger partial charge in [-0.25, -0.2) is 0 Å². The Morgan fingerprint density at radius 1 is 1.28 bits per heavy atom. The maximum atomic E-state index is 12.1. The lowest BCUT2D eigenvalue weighted by molar-refractivity contribution is -0.130. The third-order valence-electron chi connectivity index (χ3n) is 4.77. The number of hydrogen-bond acceptors (Lipinski definition) is 4. The lowest BCUT2D eigenvalue weighted by atomic mass is 10.1. The third kappa shape index (κ3) is 4.95. The summed E-state index contributed by atoms with van der Waals surface area (Å²) in [7, 11) is 0. The summed E-state index contributed by atoms with van der Waals surface area (Å²) in [5, 5.41) is 5.73. The number of carbonyl (C=O) groups excluding carboxylic acids is 2. The highest BCUT2D eigenvalue weighted by molar-refractivity contribution is 6.00. The molecule has 2 aliphatic rings. The maximum absolute atomic E-state index is 12.1. The molecule has 136 valence electrons. The van der Waals surface area contributed by atoms with Gasteiger partial charge in [0.2, 0.25) is 5.91 Å². The zero-order valence-corrected chi connectivity index (χ0v) is 14.8. The lowest BCUT2D eigenvalue weighted by Gasteiger charge is -2.26. The van der Waals surface area contributed by atoms with Crippen LogP contribution in [-0.4, -0.2) is 49.0 Å². The SMILES string of the molecule is Cc1ccc2c(c1)NC(=O)C(CC(=O)NCCN1CCCCCC1)O2. The molecule has 2 amide bonds. The molecule has 0 saturated carbocycles. The van der Waals surface area contributed by atoms with Crippen LogP contribution in [0.2, 0.25) is 0 Å². The van der Waals surface area contributed by atoms with Gasteiger partial charge in [0.1, 0.15) is 5.75 Å². The summed E-state index contributed by atoms with van der Waals surface area (Å²) in [6.07, 6.45) is 4.36. The summed E-state index contributed by atoms with van der Waals surface area (Å²) in [6.45, 7) is 5.66. The van der Waals surface area contributed by atoms with Crippen molar-refractivity contribution in [2.75, 3.05) is 31.5 Å². The van der Waals surface area contributed by atoms with E-state index in [1.807, 2.05) is 25.1 Å². The monoisotopic (exact) mass is 345 g/mol. The standard InChI is InChI=1S/C19H27N3O3/c1-14-6-7-16-15(12-14)21-19(24)17(25-16)13-18(23)20-8-11-22-9-4-2-3-5-10-22/h6-7,12,17H,2-5,8-11,13H2,1H3,(H,20,23)(H,21,24). The van der Waals surface area contributed by atoms with Gasteiger partial charge in [-0.2, -0.15) is 0 Å². The normalized spacial score (nSPS) is 20.8. The number of amides is 2. The molecular weight excluding hydrogens is 318 g/mol. The van der Waals surface area contributed by atoms with E-state index in [1.165, 1.54) is 25.7 Å². The predicted octanol–water partition coefficient (Wildman–Crippen LogP) is 2.08. The average molecular weight is 345 g/mol. The van der Waals surface area contributed by atoms with Crippen LogP contribution < -0.4 is 15.4 Å². The Morgan fingerprint density at radius 2 is 2.04 bits per heavy atom. The van der Waals surface area contributed by atoms with E-state index in [9.17, 15) is 9.59 Å². The Balaban J connectivity index is 1.44. The molecule has 6 heteroatoms. The van der Waals surface area contributed by atoms with Crippen molar-refractivity contribution in [3.8, 4) is 5.75 Å². The minimum absolute atomic E-state index is 0.0408. The number of nitrogens with zero attached hydrogens (tertiary/aromatic N) is 1. The Hall–Kier alpha value is -2.08. The summed E-state index contributed by atoms with van der Waals surface area (Å²) in [5.41, 5.74) is 1.72. The Kier molecular flexibility index (Phi) is 5.91. The van der Waals surface area contributed by atoms with Crippen molar-refractivity contribution in [1.29, 1.82) is 0 Å². The molecule has 25 heavy (non-hydrogen) atoms. The van der Waals surface area contributed by atoms with Crippen molar-refractivity contribution >= 4 is 17.5 Å². The minimum atomic E-state index is -0.770. The van der Waals surface area contributed by atoms with Crippen molar-refractivity contribution in [1.82, 2.24) is 10.2 Å². The number of rotatable bonds is 5. The summed E-state index contributed by atoms with van der Waals surface area (Å²) < 4.78 is 5.70. The molecule has 1 aromatic carbocycles. The molecule has 0 bridgehead atoms. The smallest absolute Gasteiger partial charge is 0.266 e. The molecular formula is C19H27N3O3. The topological polar surface area (TPSA) is 70.7 Å². The zero-order valence-electron chi connectivity index (χ0n) is 14.8. The molecule has 3 rings (SSSR count). The van der Waals surface area contributed by atoms with E-state index in [1.54, 1.807) is 0 Å². The van der Waals surface area contributed by atoms with E-state index < -0.39 is 6.10 Å². The van der Waals surface area contributed by atoms with Gasteiger partial charge < -0.3 is 20.3 Å². The van der Waals surface area contributed by atoms with Gasteiger partial charge in [-0.15, -0.1) is 0 Å². The van der Waals surface area contributed by atoms with E-state index in [4.69, 9.17) is 4.74 Å². The molecule has 2 N–H and O–H groups in total. The molecule has 0 aromatic heterocycles. The van der Waals surface area contributed by atoms with Gasteiger partial charge in [0, 0.05) is 13.1 Å². The summed E-state index contributed by atoms with van der Waals surface area (Å²) in [5.74, 6) is 0.207. The number of hydrogen-bond donors (Lipinski definition) is 2. The van der Waals surface area contributed by atoms with Crippen molar-refractivity contribution in [3.05, 3.63) is 23.8 Å². The molecule has 1 aromatic rings. The van der Waals surface area contributed by atoms with E-state index >= 15 is 0 Å². The number of benzene rings is 1. The second kappa shape index (κ2) is 8.34. The first kappa shape index (κ1) is 17.7. The van der Waals surface area contributed by atoms with Crippen LogP contribution in [0.5, 0.6) is 5.75 Å². The van der Waals surface area contributed by atoms with Crippen molar-refractivity contribution in [3.63, 3.8) is 0 Å². The van der Waals surface area contributed by atoms with Gasteiger partial charge in [-0.3, -0.25) is 9.59 Å². The highest BCUT2D eigenvalue weighted by Gasteiger charge is 2.29. The number of likely N-dealkylation sites (tertiary alicyclic amines) is 1. The molecule has 6 nitrogen and oxygen atoms in total. The van der Waals surface area contributed by atoms with Crippen molar-refractivity contribution in [2.45, 2.75) is 45.1 Å². The number of nitrogens with one attached hydrogen (secondary N) is 2. The molecule has 1 fully saturated rings. The fourth-order valence-corrected chi connectivity index (χ4v) is 3.35. The highest BCUT2D eigenvalue weighted by Crippen LogP contribution is 2.30. The fourth-order valence-electron chi connectivity index (χ4n) is 3.35. The first-order valence-corrected chi connectivity index (χ1v) is 9.19. The van der Waals surface area contributed by atoms with Gasteiger partial charge in [0.05, 0.1) is 12.1 Å². The minimum Gasteiger partial charge on any atom is -0.478 e. The largest absolute Gasteiger partial charge is 0.478 e. The molecule has 0 radical (unpaired) electrons. The van der Waals surface area contributed by atoms with Gasteiger partial charge in [0.25, 0.3) is 5.91 Å². The molecule has 0 aliphatic carbocycles. The number of fused-ring (bicyclic) bond motifs is 1. The number of anilines is 1. The Bertz CT molecular complexity index is 624. The maximum Gasteiger partial charge on any atom is 0.266 e. The van der Waals surface area contributed by atoms with E-state index in [0.29, 0.717) is 18.0 Å². The Labute approximate surface area is 148 Å². The predicted molar refractivity (Wildman–Crippen MR) is 96.8 cm³/mol. The van der Waals surface area contributed by atoms with Gasteiger partial charge in [-0.1, -0.05) is 18.9 Å². The second-order valence-corrected chi connectivity index (χ2v) is 6.91. The quantitative estimate of drug-likeness (QED) is 0.857. The number of aryl methyl sites for hydroxylation is 1. The zero-order chi connectivity index (χ0) is 17.6. The van der Waals surface area contributed by atoms with E-state index in [-0.39, 0.29) is 18.2 Å². The number of carbonyl (C=O) groups is 2. The second-order valence-electron chi connectivity index (χ2n) is 6.91. The van der Waals surface area contributed by atoms with Crippen molar-refractivity contribution < 1.29 is 14.3 Å². The first-order valence-electron chi connectivity index (χ1n) is 9.19. The highest BCUT2D eigenvalue weighted by atomic mass is 16.5. The molecule has 2 heterocycles. The van der Waals surface area contributed by atoms with Crippen LogP contribution in [0.25, 0.3) is 0 Å². The first-order chi connectivity index (χ1) is 12.1. The van der Waals surface area contributed by atoms with Crippen LogP contribution in [0, 0.1) is 6.92 Å². The third-order valence-corrected chi connectivity index (χ3v) is 4.77. The van der Waals surface area contributed by atoms with Crippen LogP contribution in [-0.2, 0) is 9.59 Å². The lowest BCUT2D eigenvalue weighted by Crippen LogP contribution is -2.42. The Morgan fingerprint density at radius 3 is 2.80 bits per heavy atom. The van der Waals surface area contributed by atoms with E-state index in [0.717, 1.165) is 25.2 Å². The van der Waals surface area contributed by atoms with Crippen LogP contribution in [0.3, 0.4) is 0 Å². The summed E-state index contributed by atoms with van der Waals surface area (Å²) >= 11 is 0. The van der Waals surface area contributed by atoms with Crippen molar-refractivity contribution in [2.24, 2.45) is 0 Å². The number of ether oxygens (including phenoxy) is 1. The molecule has 0 spiro atoms. The fraction of sp³-hybridized carbons (Fsp3) is 0.579. The average Bonchev–Trinajstić information content (AvgIpc) is 2.84. The summed E-state index contributed by atoms with van der Waals surface area (Å²) in [4.78, 5) is 26.7. The van der Waals surface area contributed by atoms with Gasteiger partial charge >= 0.3 is 0 Å². The molecule has 1 saturated heterocycles. The van der Waals surface area contributed by atoms with Crippen LogP contribution in [0.15, 0.2) is 18.2 Å².